The van der Waals surface area contributed by atoms with Crippen molar-refractivity contribution in [1.82, 2.24) is 9.55 Å². The molecule has 31 heavy (non-hydrogen) atoms. The summed E-state index contributed by atoms with van der Waals surface area (Å²) >= 11 is 1.49. The molecule has 6 nitrogen and oxygen atoms in total. The number of fused-ring (bicyclic) bond motifs is 2. The molecule has 1 fully saturated rings. The second-order valence-electron chi connectivity index (χ2n) is 8.33. The van der Waals surface area contributed by atoms with Crippen molar-refractivity contribution in [3.63, 3.8) is 0 Å². The first kappa shape index (κ1) is 20.3. The number of ether oxygens (including phenoxy) is 1. The number of aromatic nitrogens is 2. The zero-order valence-corrected chi connectivity index (χ0v) is 18.4. The smallest absolute Gasteiger partial charge is 0.343 e. The van der Waals surface area contributed by atoms with Gasteiger partial charge in [-0.3, -0.25) is 4.79 Å². The van der Waals surface area contributed by atoms with Crippen molar-refractivity contribution in [2.75, 3.05) is 6.61 Å². The van der Waals surface area contributed by atoms with E-state index in [4.69, 9.17) is 10.5 Å². The minimum absolute atomic E-state index is 0.0242. The van der Waals surface area contributed by atoms with Gasteiger partial charge >= 0.3 is 5.97 Å². The normalized spacial score (nSPS) is 18.3. The summed E-state index contributed by atoms with van der Waals surface area (Å²) in [6.07, 6.45) is 6.27. The van der Waals surface area contributed by atoms with Crippen LogP contribution in [0.25, 0.3) is 21.6 Å². The van der Waals surface area contributed by atoms with E-state index in [1.165, 1.54) is 17.5 Å². The molecule has 162 valence electrons. The van der Waals surface area contributed by atoms with Crippen molar-refractivity contribution in [2.45, 2.75) is 58.0 Å². The number of pyridine rings is 2. The Morgan fingerprint density at radius 1 is 1.39 bits per heavy atom. The molecule has 1 atom stereocenters. The fourth-order valence-electron chi connectivity index (χ4n) is 4.38. The van der Waals surface area contributed by atoms with Crippen molar-refractivity contribution in [2.24, 2.45) is 5.73 Å². The monoisotopic (exact) mass is 441 g/mol. The van der Waals surface area contributed by atoms with Gasteiger partial charge in [0, 0.05) is 28.7 Å². The molecule has 5 rings (SSSR count). The third-order valence-corrected chi connectivity index (χ3v) is 7.46. The molecule has 3 heterocycles. The zero-order valence-electron chi connectivity index (χ0n) is 17.5. The number of nitrogens with zero attached hydrogens (tertiary/aromatic N) is 2. The van der Waals surface area contributed by atoms with E-state index in [-0.39, 0.29) is 40.9 Å². The average molecular weight is 442 g/mol. The van der Waals surface area contributed by atoms with E-state index in [9.17, 15) is 9.59 Å². The van der Waals surface area contributed by atoms with E-state index in [1.54, 1.807) is 13.8 Å². The highest BCUT2D eigenvalue weighted by Gasteiger charge is 2.30. The van der Waals surface area contributed by atoms with Crippen molar-refractivity contribution in [3.05, 3.63) is 49.9 Å². The molecule has 0 radical (unpaired) electrons. The van der Waals surface area contributed by atoms with E-state index in [0.29, 0.717) is 5.65 Å². The summed E-state index contributed by atoms with van der Waals surface area (Å²) in [5.74, 6) is -1.22. The lowest BCUT2D eigenvalue weighted by Gasteiger charge is -2.17. The standard InChI is InChI=1S/C23H24FN3O3S/c1-3-30-23(29)14-10-27(13-7-8-13)22-17(20(14)28)11(2)18(24)19(26-22)16-9-12-5-4-6-15(25)21(12)31-16/h9-10,13,15H,3-8,25H2,1-2H3. The molecule has 1 unspecified atom stereocenters. The molecule has 2 aliphatic carbocycles. The van der Waals surface area contributed by atoms with Gasteiger partial charge in [0.15, 0.2) is 5.82 Å². The molecule has 0 aliphatic heterocycles. The van der Waals surface area contributed by atoms with Crippen molar-refractivity contribution in [3.8, 4) is 10.6 Å². The van der Waals surface area contributed by atoms with Gasteiger partial charge in [-0.15, -0.1) is 11.3 Å². The Balaban J connectivity index is 1.76. The van der Waals surface area contributed by atoms with Gasteiger partial charge in [-0.1, -0.05) is 0 Å². The number of hydrogen-bond donors (Lipinski definition) is 1. The molecule has 2 aliphatic rings. The molecule has 1 saturated carbocycles. The molecule has 0 bridgehead atoms. The number of thiophene rings is 1. The topological polar surface area (TPSA) is 87.2 Å². The minimum atomic E-state index is -0.687. The van der Waals surface area contributed by atoms with E-state index in [1.807, 2.05) is 10.6 Å². The van der Waals surface area contributed by atoms with Gasteiger partial charge < -0.3 is 15.0 Å². The SMILES string of the molecule is CCOC(=O)c1cn(C2CC2)c2nc(-c3cc4c(s3)C(N)CCC4)c(F)c(C)c2c1=O. The van der Waals surface area contributed by atoms with Crippen LogP contribution in [0.4, 0.5) is 4.39 Å². The summed E-state index contributed by atoms with van der Waals surface area (Å²) in [4.78, 5) is 32.0. The van der Waals surface area contributed by atoms with Crippen LogP contribution >= 0.6 is 11.3 Å². The minimum Gasteiger partial charge on any atom is -0.462 e. The molecule has 0 aromatic carbocycles. The fraction of sp³-hybridized carbons (Fsp3) is 0.435. The predicted molar refractivity (Wildman–Crippen MR) is 118 cm³/mol. The lowest BCUT2D eigenvalue weighted by molar-refractivity contribution is 0.0524. The molecular weight excluding hydrogens is 417 g/mol. The Morgan fingerprint density at radius 2 is 2.16 bits per heavy atom. The number of carbonyl (C=O) groups excluding carboxylic acids is 1. The number of nitrogens with two attached hydrogens (primary N) is 1. The maximum absolute atomic E-state index is 15.5. The highest BCUT2D eigenvalue weighted by molar-refractivity contribution is 7.15. The summed E-state index contributed by atoms with van der Waals surface area (Å²) in [6, 6.07) is 2.11. The maximum atomic E-state index is 15.5. The predicted octanol–water partition coefficient (Wildman–Crippen LogP) is 4.42. The fourth-order valence-corrected chi connectivity index (χ4v) is 5.61. The lowest BCUT2D eigenvalue weighted by atomic mass is 9.95. The lowest BCUT2D eigenvalue weighted by Crippen LogP contribution is -2.22. The van der Waals surface area contributed by atoms with Crippen LogP contribution < -0.4 is 11.2 Å². The average Bonchev–Trinajstić information content (AvgIpc) is 3.49. The van der Waals surface area contributed by atoms with Crippen LogP contribution in [0, 0.1) is 12.7 Å². The van der Waals surface area contributed by atoms with Gasteiger partial charge in [0.25, 0.3) is 0 Å². The molecule has 0 saturated heterocycles. The van der Waals surface area contributed by atoms with Gasteiger partial charge in [-0.25, -0.2) is 14.2 Å². The quantitative estimate of drug-likeness (QED) is 0.606. The van der Waals surface area contributed by atoms with Crippen LogP contribution in [0.5, 0.6) is 0 Å². The van der Waals surface area contributed by atoms with Crippen molar-refractivity contribution >= 4 is 28.3 Å². The molecule has 3 aromatic rings. The first-order chi connectivity index (χ1) is 14.9. The van der Waals surface area contributed by atoms with Crippen LogP contribution in [0.2, 0.25) is 0 Å². The second-order valence-corrected chi connectivity index (χ2v) is 9.41. The molecule has 0 amide bonds. The van der Waals surface area contributed by atoms with Crippen LogP contribution in [0.1, 0.15) is 71.1 Å². The number of rotatable bonds is 4. The largest absolute Gasteiger partial charge is 0.462 e. The van der Waals surface area contributed by atoms with Crippen LogP contribution in [-0.4, -0.2) is 22.1 Å². The van der Waals surface area contributed by atoms with E-state index in [0.717, 1.165) is 47.4 Å². The maximum Gasteiger partial charge on any atom is 0.343 e. The van der Waals surface area contributed by atoms with E-state index >= 15 is 4.39 Å². The number of hydrogen-bond acceptors (Lipinski definition) is 6. The molecule has 3 aromatic heterocycles. The Hall–Kier alpha value is -2.58. The van der Waals surface area contributed by atoms with E-state index < -0.39 is 17.2 Å². The third-order valence-electron chi connectivity index (χ3n) is 6.15. The molecular formula is C23H24FN3O3S. The summed E-state index contributed by atoms with van der Waals surface area (Å²) in [5.41, 5.74) is 7.70. The first-order valence-corrected chi connectivity index (χ1v) is 11.5. The Bertz CT molecular complexity index is 1280. The van der Waals surface area contributed by atoms with Crippen LogP contribution in [-0.2, 0) is 11.2 Å². The highest BCUT2D eigenvalue weighted by atomic mass is 32.1. The first-order valence-electron chi connectivity index (χ1n) is 10.7. The Labute approximate surface area is 182 Å². The Morgan fingerprint density at radius 3 is 2.84 bits per heavy atom. The number of aryl methyl sites for hydroxylation is 2. The van der Waals surface area contributed by atoms with Gasteiger partial charge in [-0.2, -0.15) is 0 Å². The molecule has 0 spiro atoms. The van der Waals surface area contributed by atoms with Crippen LogP contribution in [0.3, 0.4) is 0 Å². The van der Waals surface area contributed by atoms with Crippen molar-refractivity contribution in [1.29, 1.82) is 0 Å². The highest BCUT2D eigenvalue weighted by Crippen LogP contribution is 2.42. The van der Waals surface area contributed by atoms with E-state index in [2.05, 4.69) is 4.98 Å². The summed E-state index contributed by atoms with van der Waals surface area (Å²) in [6.45, 7) is 3.43. The Kier molecular flexibility index (Phi) is 4.94. The third kappa shape index (κ3) is 3.29. The number of esters is 1. The second kappa shape index (κ2) is 7.53. The number of carbonyl (C=O) groups is 1. The zero-order chi connectivity index (χ0) is 21.9. The molecule has 2 N–H and O–H groups in total. The summed E-state index contributed by atoms with van der Waals surface area (Å²) < 4.78 is 22.4. The van der Waals surface area contributed by atoms with Gasteiger partial charge in [0.2, 0.25) is 5.43 Å². The summed E-state index contributed by atoms with van der Waals surface area (Å²) in [7, 11) is 0. The number of halogens is 1. The van der Waals surface area contributed by atoms with Crippen LogP contribution in [0.15, 0.2) is 17.1 Å². The summed E-state index contributed by atoms with van der Waals surface area (Å²) in [5, 5.41) is 0.150. The van der Waals surface area contributed by atoms with Gasteiger partial charge in [0.05, 0.1) is 16.9 Å². The van der Waals surface area contributed by atoms with Crippen molar-refractivity contribution < 1.29 is 13.9 Å². The molecule has 8 heteroatoms. The van der Waals surface area contributed by atoms with Gasteiger partial charge in [0.1, 0.15) is 16.9 Å². The van der Waals surface area contributed by atoms with Gasteiger partial charge in [-0.05, 0) is 57.6 Å².